The summed E-state index contributed by atoms with van der Waals surface area (Å²) in [4.78, 5) is 14.3. The van der Waals surface area contributed by atoms with Gasteiger partial charge in [0, 0.05) is 11.5 Å². The minimum absolute atomic E-state index is 0. The van der Waals surface area contributed by atoms with E-state index in [2.05, 4.69) is 17.2 Å². The molecule has 4 N–H and O–H groups in total. The van der Waals surface area contributed by atoms with Crippen LogP contribution in [0.15, 0.2) is 45.3 Å². The lowest BCUT2D eigenvalue weighted by Gasteiger charge is -2.35. The number of halogens is 1. The van der Waals surface area contributed by atoms with Gasteiger partial charge in [-0.1, -0.05) is 0 Å². The first-order valence-corrected chi connectivity index (χ1v) is 8.10. The van der Waals surface area contributed by atoms with Crippen LogP contribution in [0.25, 0.3) is 5.70 Å². The monoisotopic (exact) mass is 362 g/mol. The molecule has 4 rings (SSSR count). The summed E-state index contributed by atoms with van der Waals surface area (Å²) in [7, 11) is 0. The Bertz CT molecular complexity index is 749. The van der Waals surface area contributed by atoms with E-state index in [1.165, 1.54) is 0 Å². The molecule has 3 heterocycles. The largest absolute Gasteiger partial charge is 0.508 e. The van der Waals surface area contributed by atoms with Gasteiger partial charge in [0.05, 0.1) is 17.6 Å². The second-order valence-electron chi connectivity index (χ2n) is 6.45. The van der Waals surface area contributed by atoms with Gasteiger partial charge < -0.3 is 15.9 Å². The van der Waals surface area contributed by atoms with Gasteiger partial charge in [0.1, 0.15) is 11.5 Å². The first-order valence-electron chi connectivity index (χ1n) is 8.10. The van der Waals surface area contributed by atoms with E-state index >= 15 is 0 Å². The molecule has 6 nitrogen and oxygen atoms in total. The summed E-state index contributed by atoms with van der Waals surface area (Å²) in [5.74, 6) is 0.731. The molecule has 134 valence electrons. The molecule has 0 bridgehead atoms. The normalized spacial score (nSPS) is 25.1. The molecule has 1 aromatic rings. The molecule has 3 aliphatic rings. The minimum atomic E-state index is -0.378. The number of allylic oxidation sites excluding steroid dienone is 1. The smallest absolute Gasteiger partial charge is 0.151 e. The maximum absolute atomic E-state index is 9.41. The Balaban J connectivity index is 0.00000113. The van der Waals surface area contributed by atoms with Crippen molar-refractivity contribution in [2.45, 2.75) is 25.4 Å². The zero-order chi connectivity index (χ0) is 15.9. The molecule has 0 amide bonds. The highest BCUT2D eigenvalue weighted by Crippen LogP contribution is 2.34. The predicted molar refractivity (Wildman–Crippen MR) is 104 cm³/mol. The average molecular weight is 363 g/mol. The third-order valence-electron chi connectivity index (χ3n) is 4.85. The minimum Gasteiger partial charge on any atom is -0.508 e. The van der Waals surface area contributed by atoms with Crippen molar-refractivity contribution in [3.05, 3.63) is 35.9 Å². The molecule has 0 saturated carbocycles. The summed E-state index contributed by atoms with van der Waals surface area (Å²) < 4.78 is 0. The summed E-state index contributed by atoms with van der Waals surface area (Å²) in [6.45, 7) is 4.20. The number of fused-ring (bicyclic) bond motifs is 1. The Morgan fingerprint density at radius 1 is 1.12 bits per heavy atom. The maximum Gasteiger partial charge on any atom is 0.151 e. The van der Waals surface area contributed by atoms with E-state index in [4.69, 9.17) is 9.98 Å². The van der Waals surface area contributed by atoms with Crippen LogP contribution in [0.3, 0.4) is 0 Å². The average Bonchev–Trinajstić information content (AvgIpc) is 2.99. The van der Waals surface area contributed by atoms with Crippen LogP contribution in [0.5, 0.6) is 5.75 Å². The molecular weight excluding hydrogens is 340 g/mol. The van der Waals surface area contributed by atoms with E-state index < -0.39 is 0 Å². The van der Waals surface area contributed by atoms with Crippen LogP contribution in [0.2, 0.25) is 0 Å². The van der Waals surface area contributed by atoms with Crippen LogP contribution in [0.1, 0.15) is 25.3 Å². The molecule has 1 saturated heterocycles. The van der Waals surface area contributed by atoms with Gasteiger partial charge in [0.2, 0.25) is 0 Å². The Morgan fingerprint density at radius 3 is 2.48 bits per heavy atom. The third-order valence-corrected chi connectivity index (χ3v) is 4.85. The van der Waals surface area contributed by atoms with E-state index in [1.54, 1.807) is 12.1 Å². The number of phenols is 1. The number of rotatable bonds is 2. The zero-order valence-electron chi connectivity index (χ0n) is 14.1. The topological polar surface area (TPSA) is 101 Å². The molecule has 0 aliphatic carbocycles. The predicted octanol–water partition coefficient (Wildman–Crippen LogP) is 2.03. The fraction of sp³-hybridized carbons (Fsp3) is 0.389. The van der Waals surface area contributed by atoms with Crippen molar-refractivity contribution in [2.75, 3.05) is 13.1 Å². The third kappa shape index (κ3) is 3.66. The van der Waals surface area contributed by atoms with Crippen LogP contribution < -0.4 is 5.32 Å². The SMILES string of the molecule is CC1(C2CCNCC2)N=CC2=NC(c3ccc(O)cc3)=CC2=N1.Cl.O. The van der Waals surface area contributed by atoms with E-state index in [9.17, 15) is 5.11 Å². The molecule has 0 radical (unpaired) electrons. The van der Waals surface area contributed by atoms with Crippen molar-refractivity contribution in [3.63, 3.8) is 0 Å². The summed E-state index contributed by atoms with van der Waals surface area (Å²) in [5.41, 5.74) is 3.23. The van der Waals surface area contributed by atoms with Gasteiger partial charge in [-0.25, -0.2) is 4.99 Å². The van der Waals surface area contributed by atoms with Crippen molar-refractivity contribution in [1.82, 2.24) is 5.32 Å². The molecular formula is C18H23ClN4O2. The highest BCUT2D eigenvalue weighted by molar-refractivity contribution is 6.68. The summed E-state index contributed by atoms with van der Waals surface area (Å²) >= 11 is 0. The quantitative estimate of drug-likeness (QED) is 0.840. The molecule has 25 heavy (non-hydrogen) atoms. The molecule has 1 aromatic carbocycles. The number of nitrogens with one attached hydrogen (secondary N) is 1. The van der Waals surface area contributed by atoms with Crippen molar-refractivity contribution in [2.24, 2.45) is 20.9 Å². The van der Waals surface area contributed by atoms with Crippen molar-refractivity contribution in [3.8, 4) is 5.75 Å². The van der Waals surface area contributed by atoms with Gasteiger partial charge in [-0.05, 0) is 63.2 Å². The highest BCUT2D eigenvalue weighted by Gasteiger charge is 2.37. The van der Waals surface area contributed by atoms with Gasteiger partial charge >= 0.3 is 0 Å². The van der Waals surface area contributed by atoms with Crippen LogP contribution in [-0.2, 0) is 0 Å². The van der Waals surface area contributed by atoms with Gasteiger partial charge in [-0.2, -0.15) is 0 Å². The van der Waals surface area contributed by atoms with Gasteiger partial charge in [-0.3, -0.25) is 9.98 Å². The summed E-state index contributed by atoms with van der Waals surface area (Å²) in [6.07, 6.45) is 6.10. The number of nitrogens with zero attached hydrogens (tertiary/aromatic N) is 3. The Hall–Kier alpha value is -2.02. The lowest BCUT2D eigenvalue weighted by molar-refractivity contribution is 0.244. The van der Waals surface area contributed by atoms with Crippen molar-refractivity contribution in [1.29, 1.82) is 0 Å². The standard InChI is InChI=1S/C18H20N4O.ClH.H2O/c1-18(13-6-8-19-9-7-13)20-11-17-16(22-18)10-15(21-17)12-2-4-14(23)5-3-12;;/h2-5,10-11,13,19,23H,6-9H2,1H3;1H;1H2. The Kier molecular flexibility index (Phi) is 5.77. The fourth-order valence-electron chi connectivity index (χ4n) is 3.42. The van der Waals surface area contributed by atoms with E-state index in [1.807, 2.05) is 24.4 Å². The van der Waals surface area contributed by atoms with Crippen LogP contribution in [0.4, 0.5) is 0 Å². The number of aromatic hydroxyl groups is 1. The molecule has 1 atom stereocenters. The van der Waals surface area contributed by atoms with Crippen molar-refractivity contribution < 1.29 is 10.6 Å². The first-order chi connectivity index (χ1) is 11.1. The molecule has 1 unspecified atom stereocenters. The second kappa shape index (κ2) is 7.47. The van der Waals surface area contributed by atoms with Gasteiger partial charge in [0.25, 0.3) is 0 Å². The lowest BCUT2D eigenvalue weighted by Crippen LogP contribution is -2.42. The van der Waals surface area contributed by atoms with E-state index in [0.29, 0.717) is 5.92 Å². The molecule has 0 aromatic heterocycles. The number of phenolic OH excluding ortho intramolecular Hbond substituents is 1. The number of aliphatic imine (C=N–C) groups is 3. The molecule has 0 spiro atoms. The van der Waals surface area contributed by atoms with Crippen LogP contribution >= 0.6 is 12.4 Å². The number of piperidine rings is 1. The first kappa shape index (κ1) is 19.3. The summed E-state index contributed by atoms with van der Waals surface area (Å²) in [6, 6.07) is 7.08. The van der Waals surface area contributed by atoms with Gasteiger partial charge in [0.15, 0.2) is 5.66 Å². The van der Waals surface area contributed by atoms with E-state index in [-0.39, 0.29) is 29.3 Å². The fourth-order valence-corrected chi connectivity index (χ4v) is 3.42. The van der Waals surface area contributed by atoms with Gasteiger partial charge in [-0.15, -0.1) is 12.4 Å². The summed E-state index contributed by atoms with van der Waals surface area (Å²) in [5, 5.41) is 12.8. The molecule has 3 aliphatic heterocycles. The van der Waals surface area contributed by atoms with E-state index in [0.717, 1.165) is 48.6 Å². The Labute approximate surface area is 153 Å². The van der Waals surface area contributed by atoms with Crippen LogP contribution in [0, 0.1) is 5.92 Å². The molecule has 1 fully saturated rings. The number of benzene rings is 1. The highest BCUT2D eigenvalue weighted by atomic mass is 35.5. The molecule has 7 heteroatoms. The Morgan fingerprint density at radius 2 is 1.80 bits per heavy atom. The maximum atomic E-state index is 9.41. The number of hydrogen-bond donors (Lipinski definition) is 2. The zero-order valence-corrected chi connectivity index (χ0v) is 14.9. The van der Waals surface area contributed by atoms with Crippen molar-refractivity contribution >= 4 is 35.7 Å². The lowest BCUT2D eigenvalue weighted by atomic mass is 9.85. The second-order valence-corrected chi connectivity index (χ2v) is 6.45. The van der Waals surface area contributed by atoms with Crippen LogP contribution in [-0.4, -0.2) is 47.0 Å². The number of hydrogen-bond acceptors (Lipinski definition) is 5.